The van der Waals surface area contributed by atoms with E-state index in [0.717, 1.165) is 37.2 Å². The van der Waals surface area contributed by atoms with Gasteiger partial charge in [0.2, 0.25) is 27.6 Å². The van der Waals surface area contributed by atoms with Crippen molar-refractivity contribution in [2.45, 2.75) is 43.5 Å². The number of piperidine rings is 2. The number of ether oxygens (including phenoxy) is 1. The molecule has 0 aliphatic carbocycles. The molecule has 198 valence electrons. The highest BCUT2D eigenvalue weighted by Gasteiger charge is 2.30. The molecule has 0 saturated carbocycles. The number of amides is 1. The highest BCUT2D eigenvalue weighted by molar-refractivity contribution is 7.89. The molecule has 2 saturated heterocycles. The molecule has 5 rings (SSSR count). The van der Waals surface area contributed by atoms with Crippen molar-refractivity contribution in [1.29, 1.82) is 0 Å². The fourth-order valence-electron chi connectivity index (χ4n) is 4.81. The number of nitrogens with zero attached hydrogens (tertiary/aromatic N) is 4. The molecule has 0 bridgehead atoms. The molecule has 0 radical (unpaired) electrons. The molecule has 2 fully saturated rings. The van der Waals surface area contributed by atoms with Crippen molar-refractivity contribution < 1.29 is 22.5 Å². The molecule has 0 unspecified atom stereocenters. The van der Waals surface area contributed by atoms with Gasteiger partial charge in [0.1, 0.15) is 10.6 Å². The zero-order valence-corrected chi connectivity index (χ0v) is 22.4. The summed E-state index contributed by atoms with van der Waals surface area (Å²) in [6, 6.07) is 8.70. The molecule has 10 nitrogen and oxygen atoms in total. The summed E-state index contributed by atoms with van der Waals surface area (Å²) >= 11 is 1.56. The quantitative estimate of drug-likeness (QED) is 0.454. The van der Waals surface area contributed by atoms with Crippen LogP contribution in [0.4, 0.5) is 5.69 Å². The Bertz CT molecular complexity index is 1310. The van der Waals surface area contributed by atoms with Gasteiger partial charge in [-0.15, -0.1) is 11.3 Å². The van der Waals surface area contributed by atoms with Crippen LogP contribution in [-0.4, -0.2) is 67.0 Å². The predicted octanol–water partition coefficient (Wildman–Crippen LogP) is 3.83. The van der Waals surface area contributed by atoms with Crippen molar-refractivity contribution in [3.05, 3.63) is 41.6 Å². The van der Waals surface area contributed by atoms with Gasteiger partial charge in [-0.05, 0) is 68.4 Å². The molecule has 37 heavy (non-hydrogen) atoms. The fourth-order valence-corrected chi connectivity index (χ4v) is 7.16. The molecule has 1 N–H and O–H groups in total. The minimum atomic E-state index is -3.71. The fraction of sp³-hybridized carbons (Fsp3) is 0.480. The van der Waals surface area contributed by atoms with E-state index in [0.29, 0.717) is 49.9 Å². The minimum absolute atomic E-state index is 0.0889. The van der Waals surface area contributed by atoms with Crippen LogP contribution in [0.1, 0.15) is 38.0 Å². The van der Waals surface area contributed by atoms with Crippen molar-refractivity contribution in [3.63, 3.8) is 0 Å². The number of hydrogen-bond acceptors (Lipinski definition) is 9. The summed E-state index contributed by atoms with van der Waals surface area (Å²) in [5.74, 6) is 1.17. The molecule has 2 aliphatic rings. The summed E-state index contributed by atoms with van der Waals surface area (Å²) in [6.07, 6.45) is 4.10. The van der Waals surface area contributed by atoms with Crippen LogP contribution in [-0.2, 0) is 21.4 Å². The Balaban J connectivity index is 1.18. The Morgan fingerprint density at radius 1 is 1.16 bits per heavy atom. The molecule has 0 atom stereocenters. The number of likely N-dealkylation sites (tertiary alicyclic amines) is 1. The molecule has 12 heteroatoms. The summed E-state index contributed by atoms with van der Waals surface area (Å²) < 4.78 is 38.8. The van der Waals surface area contributed by atoms with Gasteiger partial charge in [-0.3, -0.25) is 9.69 Å². The van der Waals surface area contributed by atoms with Gasteiger partial charge in [-0.25, -0.2) is 8.42 Å². The largest absolute Gasteiger partial charge is 0.495 e. The van der Waals surface area contributed by atoms with Gasteiger partial charge in [-0.1, -0.05) is 17.6 Å². The molecule has 1 aromatic carbocycles. The Kier molecular flexibility index (Phi) is 7.89. The minimum Gasteiger partial charge on any atom is -0.495 e. The second-order valence-corrected chi connectivity index (χ2v) is 12.2. The summed E-state index contributed by atoms with van der Waals surface area (Å²) in [6.45, 7) is 3.00. The van der Waals surface area contributed by atoms with Crippen LogP contribution < -0.4 is 10.1 Å². The Morgan fingerprint density at radius 2 is 1.95 bits per heavy atom. The van der Waals surface area contributed by atoms with E-state index in [2.05, 4.69) is 20.4 Å². The van der Waals surface area contributed by atoms with Gasteiger partial charge < -0.3 is 14.6 Å². The number of benzene rings is 1. The maximum Gasteiger partial charge on any atom is 0.246 e. The third kappa shape index (κ3) is 5.87. The number of aromatic nitrogens is 2. The maximum absolute atomic E-state index is 13.3. The van der Waals surface area contributed by atoms with E-state index in [1.54, 1.807) is 23.5 Å². The molecular formula is C25H31N5O5S2. The monoisotopic (exact) mass is 545 g/mol. The van der Waals surface area contributed by atoms with Crippen molar-refractivity contribution in [3.8, 4) is 16.5 Å². The van der Waals surface area contributed by atoms with Gasteiger partial charge in [0.25, 0.3) is 0 Å². The predicted molar refractivity (Wildman–Crippen MR) is 140 cm³/mol. The second-order valence-electron chi connectivity index (χ2n) is 9.36. The Hall–Kier alpha value is -2.80. The lowest BCUT2D eigenvalue weighted by Gasteiger charge is -2.30. The summed E-state index contributed by atoms with van der Waals surface area (Å²) in [5, 5.41) is 8.96. The summed E-state index contributed by atoms with van der Waals surface area (Å²) in [5.41, 5.74) is 0.454. The molecule has 0 spiro atoms. The van der Waals surface area contributed by atoms with Crippen LogP contribution in [0.25, 0.3) is 10.7 Å². The number of nitrogens with one attached hydrogen (secondary N) is 1. The van der Waals surface area contributed by atoms with Crippen molar-refractivity contribution >= 4 is 33.0 Å². The van der Waals surface area contributed by atoms with Gasteiger partial charge in [-0.2, -0.15) is 9.29 Å². The van der Waals surface area contributed by atoms with Crippen molar-refractivity contribution in [2.75, 3.05) is 38.6 Å². The first kappa shape index (κ1) is 25.8. The third-order valence-electron chi connectivity index (χ3n) is 6.89. The van der Waals surface area contributed by atoms with E-state index in [4.69, 9.17) is 9.26 Å². The molecule has 2 aliphatic heterocycles. The summed E-state index contributed by atoms with van der Waals surface area (Å²) in [4.78, 5) is 20.8. The SMILES string of the molecule is COc1ccc(NC(=O)C2CCN(Cc3nc(-c4cccs4)no3)CC2)cc1S(=O)(=O)N1CCCCC1. The lowest BCUT2D eigenvalue weighted by molar-refractivity contribution is -0.121. The lowest BCUT2D eigenvalue weighted by atomic mass is 9.96. The highest BCUT2D eigenvalue weighted by Crippen LogP contribution is 2.32. The zero-order chi connectivity index (χ0) is 25.8. The van der Waals surface area contributed by atoms with Gasteiger partial charge in [0, 0.05) is 24.7 Å². The smallest absolute Gasteiger partial charge is 0.246 e. The summed E-state index contributed by atoms with van der Waals surface area (Å²) in [7, 11) is -2.25. The topological polar surface area (TPSA) is 118 Å². The number of sulfonamides is 1. The van der Waals surface area contributed by atoms with E-state index in [9.17, 15) is 13.2 Å². The molecule has 2 aromatic heterocycles. The Morgan fingerprint density at radius 3 is 2.65 bits per heavy atom. The first-order valence-corrected chi connectivity index (χ1v) is 14.8. The first-order valence-electron chi connectivity index (χ1n) is 12.5. The van der Waals surface area contributed by atoms with Gasteiger partial charge in [0.15, 0.2) is 0 Å². The highest BCUT2D eigenvalue weighted by atomic mass is 32.2. The molecule has 3 aromatic rings. The number of anilines is 1. The van der Waals surface area contributed by atoms with Crippen LogP contribution in [0.2, 0.25) is 0 Å². The van der Waals surface area contributed by atoms with Crippen molar-refractivity contribution in [2.24, 2.45) is 5.92 Å². The van der Waals surface area contributed by atoms with Gasteiger partial charge >= 0.3 is 0 Å². The van der Waals surface area contributed by atoms with Crippen LogP contribution in [0.3, 0.4) is 0 Å². The number of carbonyl (C=O) groups excluding carboxylic acids is 1. The van der Waals surface area contributed by atoms with E-state index in [1.807, 2.05) is 17.5 Å². The molecule has 4 heterocycles. The molecule has 1 amide bonds. The zero-order valence-electron chi connectivity index (χ0n) is 20.8. The molecular weight excluding hydrogens is 514 g/mol. The van der Waals surface area contributed by atoms with E-state index >= 15 is 0 Å². The average molecular weight is 546 g/mol. The van der Waals surface area contributed by atoms with Crippen LogP contribution in [0.15, 0.2) is 45.1 Å². The standard InChI is InChI=1S/C25H31N5O5S2/c1-34-20-8-7-19(16-22(20)37(32,33)30-11-3-2-4-12-30)26-25(31)18-9-13-29(14-10-18)17-23-27-24(28-35-23)21-6-5-15-36-21/h5-8,15-16,18H,2-4,9-14,17H2,1H3,(H,26,31). The number of rotatable bonds is 8. The number of thiophene rings is 1. The Labute approximate surface area is 220 Å². The number of carbonyl (C=O) groups is 1. The maximum atomic E-state index is 13.3. The van der Waals surface area contributed by atoms with Crippen LogP contribution in [0.5, 0.6) is 5.75 Å². The normalized spacial score (nSPS) is 18.1. The van der Waals surface area contributed by atoms with E-state index in [1.165, 1.54) is 17.5 Å². The van der Waals surface area contributed by atoms with E-state index in [-0.39, 0.29) is 22.5 Å². The third-order valence-corrected chi connectivity index (χ3v) is 9.68. The number of methoxy groups -OCH3 is 1. The van der Waals surface area contributed by atoms with E-state index < -0.39 is 10.0 Å². The lowest BCUT2D eigenvalue weighted by Crippen LogP contribution is -2.38. The second kappa shape index (κ2) is 11.3. The average Bonchev–Trinajstić information content (AvgIpc) is 3.62. The van der Waals surface area contributed by atoms with Crippen LogP contribution in [0, 0.1) is 5.92 Å². The van der Waals surface area contributed by atoms with Gasteiger partial charge in [0.05, 0.1) is 18.5 Å². The van der Waals surface area contributed by atoms with Crippen molar-refractivity contribution in [1.82, 2.24) is 19.3 Å². The number of hydrogen-bond donors (Lipinski definition) is 1. The first-order chi connectivity index (χ1) is 17.9. The van der Waals surface area contributed by atoms with Crippen LogP contribution >= 0.6 is 11.3 Å².